The Morgan fingerprint density at radius 2 is 1.92 bits per heavy atom. The minimum atomic E-state index is -4.54. The molecule has 1 aliphatic rings. The Morgan fingerprint density at radius 1 is 1.27 bits per heavy atom. The van der Waals surface area contributed by atoms with Crippen molar-refractivity contribution in [2.24, 2.45) is 0 Å². The fraction of sp³-hybridized carbons (Fsp3) is 0.556. The summed E-state index contributed by atoms with van der Waals surface area (Å²) in [5.41, 5.74) is -3.26. The van der Waals surface area contributed by atoms with Crippen molar-refractivity contribution >= 4 is 12.1 Å². The normalized spacial score (nSPS) is 20.9. The first-order valence-corrected chi connectivity index (χ1v) is 8.23. The number of nitrogens with zero attached hydrogens (tertiary/aromatic N) is 1. The van der Waals surface area contributed by atoms with Gasteiger partial charge >= 0.3 is 12.3 Å². The van der Waals surface area contributed by atoms with Crippen molar-refractivity contribution in [3.63, 3.8) is 0 Å². The van der Waals surface area contributed by atoms with Crippen molar-refractivity contribution in [3.05, 3.63) is 35.4 Å². The van der Waals surface area contributed by atoms with Gasteiger partial charge in [0, 0.05) is 13.0 Å². The quantitative estimate of drug-likeness (QED) is 0.818. The molecular weight excluding hydrogens is 351 g/mol. The maximum absolute atomic E-state index is 12.9. The molecule has 8 heteroatoms. The molecule has 1 aliphatic heterocycles. The van der Waals surface area contributed by atoms with Gasteiger partial charge in [0.1, 0.15) is 5.60 Å². The minimum absolute atomic E-state index is 0.0881. The SMILES string of the molecule is CC(C)(C)OC(=O)N1CCC[C@]1(Cc1cccc(C(F)(F)F)c1)C(=O)[O-]. The van der Waals surface area contributed by atoms with E-state index in [9.17, 15) is 27.9 Å². The molecule has 1 aromatic carbocycles. The molecule has 1 saturated heterocycles. The summed E-state index contributed by atoms with van der Waals surface area (Å²) < 4.78 is 44.0. The van der Waals surface area contributed by atoms with Crippen LogP contribution in [0.5, 0.6) is 0 Å². The average Bonchev–Trinajstić information content (AvgIpc) is 2.90. The number of carboxylic acid groups (broad SMARTS) is 1. The first kappa shape index (κ1) is 20.1. The van der Waals surface area contributed by atoms with Crippen LogP contribution in [0, 0.1) is 0 Å². The summed E-state index contributed by atoms with van der Waals surface area (Å²) in [6.45, 7) is 5.08. The Hall–Kier alpha value is -2.25. The highest BCUT2D eigenvalue weighted by Crippen LogP contribution is 2.36. The molecule has 26 heavy (non-hydrogen) atoms. The lowest BCUT2D eigenvalue weighted by atomic mass is 9.87. The highest BCUT2D eigenvalue weighted by molar-refractivity contribution is 5.84. The Labute approximate surface area is 149 Å². The van der Waals surface area contributed by atoms with Crippen molar-refractivity contribution in [3.8, 4) is 0 Å². The Morgan fingerprint density at radius 3 is 2.46 bits per heavy atom. The van der Waals surface area contributed by atoms with Crippen LogP contribution in [0.4, 0.5) is 18.0 Å². The summed E-state index contributed by atoms with van der Waals surface area (Å²) >= 11 is 0. The summed E-state index contributed by atoms with van der Waals surface area (Å²) in [4.78, 5) is 25.4. The minimum Gasteiger partial charge on any atom is -0.548 e. The van der Waals surface area contributed by atoms with Crippen molar-refractivity contribution in [1.82, 2.24) is 4.90 Å². The van der Waals surface area contributed by atoms with Crippen LogP contribution in [-0.2, 0) is 22.1 Å². The van der Waals surface area contributed by atoms with E-state index in [1.54, 1.807) is 20.8 Å². The number of halogens is 3. The van der Waals surface area contributed by atoms with Crippen molar-refractivity contribution in [1.29, 1.82) is 0 Å². The van der Waals surface area contributed by atoms with Gasteiger partial charge in [-0.05, 0) is 45.2 Å². The molecule has 1 atom stereocenters. The van der Waals surface area contributed by atoms with E-state index in [4.69, 9.17) is 4.74 Å². The molecule has 0 spiro atoms. The van der Waals surface area contributed by atoms with E-state index >= 15 is 0 Å². The van der Waals surface area contributed by atoms with Gasteiger partial charge in [-0.1, -0.05) is 18.2 Å². The molecule has 1 fully saturated rings. The number of carbonyl (C=O) groups is 2. The van der Waals surface area contributed by atoms with Gasteiger partial charge in [-0.15, -0.1) is 0 Å². The third-order valence-electron chi connectivity index (χ3n) is 4.23. The zero-order valence-electron chi connectivity index (χ0n) is 14.9. The largest absolute Gasteiger partial charge is 0.548 e. The number of alkyl halides is 3. The molecule has 0 unspecified atom stereocenters. The molecule has 0 N–H and O–H groups in total. The van der Waals surface area contributed by atoms with Crippen molar-refractivity contribution in [2.45, 2.75) is 57.3 Å². The van der Waals surface area contributed by atoms with Gasteiger partial charge in [0.25, 0.3) is 0 Å². The van der Waals surface area contributed by atoms with E-state index in [2.05, 4.69) is 0 Å². The second-order valence-electron chi connectivity index (χ2n) is 7.43. The molecule has 1 heterocycles. The Balaban J connectivity index is 2.35. The van der Waals surface area contributed by atoms with Gasteiger partial charge < -0.3 is 14.6 Å². The third kappa shape index (κ3) is 4.28. The van der Waals surface area contributed by atoms with Crippen LogP contribution in [0.25, 0.3) is 0 Å². The summed E-state index contributed by atoms with van der Waals surface area (Å²) in [7, 11) is 0. The van der Waals surface area contributed by atoms with E-state index < -0.39 is 34.9 Å². The van der Waals surface area contributed by atoms with Gasteiger partial charge in [-0.25, -0.2) is 4.79 Å². The van der Waals surface area contributed by atoms with Gasteiger partial charge in [-0.2, -0.15) is 13.2 Å². The lowest BCUT2D eigenvalue weighted by Gasteiger charge is -2.40. The van der Waals surface area contributed by atoms with Gasteiger partial charge in [-0.3, -0.25) is 4.90 Å². The number of rotatable bonds is 3. The van der Waals surface area contributed by atoms with E-state index in [0.29, 0.717) is 6.42 Å². The molecule has 2 rings (SSSR count). The van der Waals surface area contributed by atoms with Gasteiger partial charge in [0.05, 0.1) is 17.1 Å². The lowest BCUT2D eigenvalue weighted by Crippen LogP contribution is -2.60. The molecule has 5 nitrogen and oxygen atoms in total. The van der Waals surface area contributed by atoms with Gasteiger partial charge in [0.2, 0.25) is 0 Å². The monoisotopic (exact) mass is 372 g/mol. The highest BCUT2D eigenvalue weighted by Gasteiger charge is 2.46. The number of ether oxygens (including phenoxy) is 1. The number of benzene rings is 1. The maximum atomic E-state index is 12.9. The molecule has 0 aliphatic carbocycles. The first-order valence-electron chi connectivity index (χ1n) is 8.23. The fourth-order valence-electron chi connectivity index (χ4n) is 3.13. The molecule has 0 aromatic heterocycles. The Bertz CT molecular complexity index is 696. The number of aliphatic carboxylic acids is 1. The standard InChI is InChI=1S/C18H22F3NO4/c1-16(2,3)26-15(25)22-9-5-8-17(22,14(23)24)11-12-6-4-7-13(10-12)18(19,20)21/h4,6-7,10H,5,8-9,11H2,1-3H3,(H,23,24)/p-1/t17-/m0/s1. The molecule has 0 bridgehead atoms. The maximum Gasteiger partial charge on any atom is 0.416 e. The predicted octanol–water partition coefficient (Wildman–Crippen LogP) is 2.77. The topological polar surface area (TPSA) is 69.7 Å². The smallest absolute Gasteiger partial charge is 0.416 e. The first-order chi connectivity index (χ1) is 11.8. The summed E-state index contributed by atoms with van der Waals surface area (Å²) in [6.07, 6.45) is -5.15. The molecule has 0 saturated carbocycles. The predicted molar refractivity (Wildman–Crippen MR) is 85.1 cm³/mol. The van der Waals surface area contributed by atoms with Gasteiger partial charge in [0.15, 0.2) is 0 Å². The molecule has 144 valence electrons. The number of carbonyl (C=O) groups excluding carboxylic acids is 2. The van der Waals surface area contributed by atoms with Crippen LogP contribution < -0.4 is 5.11 Å². The second-order valence-corrected chi connectivity index (χ2v) is 7.43. The summed E-state index contributed by atoms with van der Waals surface area (Å²) in [6, 6.07) is 4.44. The van der Waals surface area contributed by atoms with Crippen molar-refractivity contribution < 1.29 is 32.6 Å². The summed E-state index contributed by atoms with van der Waals surface area (Å²) in [5.74, 6) is -1.50. The van der Waals surface area contributed by atoms with Crippen LogP contribution in [0.1, 0.15) is 44.7 Å². The average molecular weight is 372 g/mol. The van der Waals surface area contributed by atoms with Crippen LogP contribution >= 0.6 is 0 Å². The molecule has 0 radical (unpaired) electrons. The van der Waals surface area contributed by atoms with E-state index in [1.807, 2.05) is 0 Å². The lowest BCUT2D eigenvalue weighted by molar-refractivity contribution is -0.317. The number of carboxylic acids is 1. The van der Waals surface area contributed by atoms with Crippen molar-refractivity contribution in [2.75, 3.05) is 6.54 Å². The summed E-state index contributed by atoms with van der Waals surface area (Å²) in [5, 5.41) is 11.9. The zero-order chi connectivity index (χ0) is 19.8. The van der Waals surface area contributed by atoms with Crippen LogP contribution in [-0.4, -0.2) is 34.6 Å². The van der Waals surface area contributed by atoms with E-state index in [1.165, 1.54) is 12.1 Å². The zero-order valence-corrected chi connectivity index (χ0v) is 14.9. The fourth-order valence-corrected chi connectivity index (χ4v) is 3.13. The number of likely N-dealkylation sites (tertiary alicyclic amines) is 1. The van der Waals surface area contributed by atoms with E-state index in [0.717, 1.165) is 17.0 Å². The molecule has 1 aromatic rings. The van der Waals surface area contributed by atoms with Crippen LogP contribution in [0.2, 0.25) is 0 Å². The molecule has 1 amide bonds. The highest BCUT2D eigenvalue weighted by atomic mass is 19.4. The molecular formula is C18H21F3NO4-. The van der Waals surface area contributed by atoms with Crippen LogP contribution in [0.15, 0.2) is 24.3 Å². The third-order valence-corrected chi connectivity index (χ3v) is 4.23. The second kappa shape index (κ2) is 6.81. The van der Waals surface area contributed by atoms with E-state index in [-0.39, 0.29) is 24.9 Å². The van der Waals surface area contributed by atoms with Crippen LogP contribution in [0.3, 0.4) is 0 Å². The number of amides is 1. The number of hydrogen-bond donors (Lipinski definition) is 0. The number of hydrogen-bond acceptors (Lipinski definition) is 4. The Kier molecular flexibility index (Phi) is 5.26.